The van der Waals surface area contributed by atoms with E-state index in [1.54, 1.807) is 6.92 Å². The van der Waals surface area contributed by atoms with E-state index in [1.165, 1.54) is 12.1 Å². The number of carbonyl (C=O) groups is 1. The number of rotatable bonds is 6. The van der Waals surface area contributed by atoms with Gasteiger partial charge in [-0.1, -0.05) is 13.8 Å². The lowest BCUT2D eigenvalue weighted by atomic mass is 10.1. The van der Waals surface area contributed by atoms with E-state index in [-0.39, 0.29) is 28.8 Å². The molecule has 106 valence electrons. The maximum atomic E-state index is 11.9. The zero-order chi connectivity index (χ0) is 15.1. The molecule has 0 aliphatic rings. The second-order valence-electron chi connectivity index (χ2n) is 4.30. The minimum absolute atomic E-state index is 0.0724. The molecular weight excluding hydrogens is 260 g/mol. The van der Waals surface area contributed by atoms with Crippen molar-refractivity contribution in [3.63, 3.8) is 0 Å². The fourth-order valence-electron chi connectivity index (χ4n) is 1.56. The van der Waals surface area contributed by atoms with Gasteiger partial charge in [0, 0.05) is 24.6 Å². The first-order valence-electron chi connectivity index (χ1n) is 6.19. The molecule has 7 nitrogen and oxygen atoms in total. The highest BCUT2D eigenvalue weighted by Crippen LogP contribution is 2.21. The molecular formula is C13H16N4O3. The van der Waals surface area contributed by atoms with Crippen molar-refractivity contribution in [3.05, 3.63) is 33.9 Å². The van der Waals surface area contributed by atoms with Gasteiger partial charge in [-0.25, -0.2) is 0 Å². The summed E-state index contributed by atoms with van der Waals surface area (Å²) < 4.78 is 0. The molecule has 1 amide bonds. The smallest absolute Gasteiger partial charge is 0.270 e. The van der Waals surface area contributed by atoms with Crippen LogP contribution in [0.2, 0.25) is 0 Å². The van der Waals surface area contributed by atoms with Crippen LogP contribution in [0.4, 0.5) is 11.4 Å². The van der Waals surface area contributed by atoms with Crippen LogP contribution in [0.3, 0.4) is 0 Å². The number of nitro groups is 1. The van der Waals surface area contributed by atoms with Crippen molar-refractivity contribution >= 4 is 17.3 Å². The van der Waals surface area contributed by atoms with Crippen LogP contribution >= 0.6 is 0 Å². The summed E-state index contributed by atoms with van der Waals surface area (Å²) in [5, 5.41) is 25.3. The Kier molecular flexibility index (Phi) is 5.62. The molecule has 0 bridgehead atoms. The lowest BCUT2D eigenvalue weighted by Gasteiger charge is -2.13. The third-order valence-corrected chi connectivity index (χ3v) is 2.74. The van der Waals surface area contributed by atoms with Crippen LogP contribution in [0, 0.1) is 27.4 Å². The Balaban J connectivity index is 2.85. The number of nitro benzene ring substituents is 1. The molecule has 1 aromatic rings. The Morgan fingerprint density at radius 3 is 2.80 bits per heavy atom. The zero-order valence-electron chi connectivity index (χ0n) is 11.3. The maximum Gasteiger partial charge on any atom is 0.270 e. The van der Waals surface area contributed by atoms with Crippen molar-refractivity contribution < 1.29 is 9.72 Å². The number of amides is 1. The molecule has 0 fully saturated rings. The van der Waals surface area contributed by atoms with Crippen molar-refractivity contribution in [2.75, 3.05) is 18.4 Å². The number of non-ortho nitro benzene ring substituents is 1. The second-order valence-corrected chi connectivity index (χ2v) is 4.30. The maximum absolute atomic E-state index is 11.9. The lowest BCUT2D eigenvalue weighted by Crippen LogP contribution is -2.30. The number of benzene rings is 1. The number of nitrogens with one attached hydrogen (secondary N) is 2. The number of carbonyl (C=O) groups excluding carboxylic acids is 1. The lowest BCUT2D eigenvalue weighted by molar-refractivity contribution is -0.384. The monoisotopic (exact) mass is 276 g/mol. The zero-order valence-corrected chi connectivity index (χ0v) is 11.3. The van der Waals surface area contributed by atoms with Gasteiger partial charge in [-0.05, 0) is 12.6 Å². The first kappa shape index (κ1) is 15.6. The van der Waals surface area contributed by atoms with Gasteiger partial charge in [0.1, 0.15) is 6.07 Å². The first-order chi connectivity index (χ1) is 9.49. The van der Waals surface area contributed by atoms with Crippen LogP contribution < -0.4 is 10.6 Å². The first-order valence-corrected chi connectivity index (χ1v) is 6.19. The molecule has 0 saturated carbocycles. The topological polar surface area (TPSA) is 108 Å². The number of hydrogen-bond acceptors (Lipinski definition) is 5. The molecule has 0 spiro atoms. The Bertz CT molecular complexity index is 551. The van der Waals surface area contributed by atoms with E-state index in [4.69, 9.17) is 5.26 Å². The normalized spacial score (nSPS) is 11.4. The standard InChI is InChI=1S/C13H16N4O3/c1-3-15-8-9(2)13(18)16-12-5-4-11(17(19)20)6-10(12)7-14/h4-6,9,15H,3,8H2,1-2H3,(H,16,18). The molecule has 1 rings (SSSR count). The van der Waals surface area contributed by atoms with Crippen molar-refractivity contribution in [1.82, 2.24) is 5.32 Å². The number of nitrogens with zero attached hydrogens (tertiary/aromatic N) is 2. The molecule has 0 heterocycles. The van der Waals surface area contributed by atoms with Gasteiger partial charge in [-0.2, -0.15) is 5.26 Å². The average molecular weight is 276 g/mol. The number of hydrogen-bond donors (Lipinski definition) is 2. The molecule has 0 aliphatic heterocycles. The summed E-state index contributed by atoms with van der Waals surface area (Å²) in [6.45, 7) is 4.99. The Hall–Kier alpha value is -2.46. The minimum atomic E-state index is -0.583. The van der Waals surface area contributed by atoms with Gasteiger partial charge < -0.3 is 10.6 Å². The van der Waals surface area contributed by atoms with Gasteiger partial charge in [-0.15, -0.1) is 0 Å². The van der Waals surface area contributed by atoms with Crippen molar-refractivity contribution in [1.29, 1.82) is 5.26 Å². The molecule has 1 atom stereocenters. The van der Waals surface area contributed by atoms with Crippen molar-refractivity contribution in [2.24, 2.45) is 5.92 Å². The van der Waals surface area contributed by atoms with Gasteiger partial charge in [0.15, 0.2) is 0 Å². The molecule has 7 heteroatoms. The summed E-state index contributed by atoms with van der Waals surface area (Å²) in [4.78, 5) is 22.0. The predicted molar refractivity (Wildman–Crippen MR) is 74.1 cm³/mol. The predicted octanol–water partition coefficient (Wildman–Crippen LogP) is 1.65. The molecule has 0 aromatic heterocycles. The second kappa shape index (κ2) is 7.21. The SMILES string of the molecule is CCNCC(C)C(=O)Nc1ccc([N+](=O)[O-])cc1C#N. The van der Waals surface area contributed by atoms with Crippen LogP contribution in [-0.4, -0.2) is 23.9 Å². The number of nitriles is 1. The minimum Gasteiger partial charge on any atom is -0.325 e. The van der Waals surface area contributed by atoms with Crippen LogP contribution in [0.15, 0.2) is 18.2 Å². The van der Waals surface area contributed by atoms with Crippen molar-refractivity contribution in [3.8, 4) is 6.07 Å². The molecule has 0 radical (unpaired) electrons. The van der Waals surface area contributed by atoms with E-state index in [0.717, 1.165) is 12.6 Å². The van der Waals surface area contributed by atoms with E-state index in [2.05, 4.69) is 10.6 Å². The molecule has 0 aliphatic carbocycles. The fraction of sp³-hybridized carbons (Fsp3) is 0.385. The third-order valence-electron chi connectivity index (χ3n) is 2.74. The molecule has 1 unspecified atom stereocenters. The summed E-state index contributed by atoms with van der Waals surface area (Å²) in [6, 6.07) is 5.61. The third kappa shape index (κ3) is 4.03. The van der Waals surface area contributed by atoms with E-state index >= 15 is 0 Å². The highest BCUT2D eigenvalue weighted by atomic mass is 16.6. The molecule has 20 heavy (non-hydrogen) atoms. The van der Waals surface area contributed by atoms with Gasteiger partial charge >= 0.3 is 0 Å². The summed E-state index contributed by atoms with van der Waals surface area (Å²) in [7, 11) is 0. The quantitative estimate of drug-likeness (QED) is 0.606. The summed E-state index contributed by atoms with van der Waals surface area (Å²) in [5.41, 5.74) is 0.176. The fourth-order valence-corrected chi connectivity index (χ4v) is 1.56. The Morgan fingerprint density at radius 1 is 1.55 bits per heavy atom. The Labute approximate surface area is 116 Å². The van der Waals surface area contributed by atoms with E-state index in [0.29, 0.717) is 6.54 Å². The van der Waals surface area contributed by atoms with Gasteiger partial charge in [0.2, 0.25) is 5.91 Å². The van der Waals surface area contributed by atoms with Gasteiger partial charge in [0.25, 0.3) is 5.69 Å². The van der Waals surface area contributed by atoms with Crippen LogP contribution in [0.25, 0.3) is 0 Å². The Morgan fingerprint density at radius 2 is 2.25 bits per heavy atom. The average Bonchev–Trinajstić information content (AvgIpc) is 2.44. The van der Waals surface area contributed by atoms with E-state index in [9.17, 15) is 14.9 Å². The van der Waals surface area contributed by atoms with E-state index < -0.39 is 4.92 Å². The van der Waals surface area contributed by atoms with Crippen LogP contribution in [-0.2, 0) is 4.79 Å². The number of anilines is 1. The van der Waals surface area contributed by atoms with Crippen LogP contribution in [0.1, 0.15) is 19.4 Å². The highest BCUT2D eigenvalue weighted by Gasteiger charge is 2.16. The largest absolute Gasteiger partial charge is 0.325 e. The highest BCUT2D eigenvalue weighted by molar-refractivity contribution is 5.93. The molecule has 0 saturated heterocycles. The summed E-state index contributed by atoms with van der Waals surface area (Å²) >= 11 is 0. The summed E-state index contributed by atoms with van der Waals surface area (Å²) in [6.07, 6.45) is 0. The van der Waals surface area contributed by atoms with Gasteiger partial charge in [-0.3, -0.25) is 14.9 Å². The van der Waals surface area contributed by atoms with Gasteiger partial charge in [0.05, 0.1) is 16.2 Å². The van der Waals surface area contributed by atoms with Crippen LogP contribution in [0.5, 0.6) is 0 Å². The van der Waals surface area contributed by atoms with Crippen molar-refractivity contribution in [2.45, 2.75) is 13.8 Å². The molecule has 1 aromatic carbocycles. The summed E-state index contributed by atoms with van der Waals surface area (Å²) in [5.74, 6) is -0.506. The molecule has 2 N–H and O–H groups in total. The van der Waals surface area contributed by atoms with E-state index in [1.807, 2.05) is 13.0 Å².